The van der Waals surface area contributed by atoms with Crippen LogP contribution in [-0.4, -0.2) is 23.9 Å². The second-order valence-electron chi connectivity index (χ2n) is 5.93. The molecule has 1 unspecified atom stereocenters. The Kier molecular flexibility index (Phi) is 3.99. The first-order chi connectivity index (χ1) is 9.75. The molecule has 2 aliphatic rings. The molecule has 1 heterocycles. The van der Waals surface area contributed by atoms with Crippen molar-refractivity contribution in [2.45, 2.75) is 57.2 Å². The Balaban J connectivity index is 1.87. The second-order valence-corrected chi connectivity index (χ2v) is 5.93. The molecule has 0 saturated heterocycles. The smallest absolute Gasteiger partial charge is 0.122 e. The predicted molar refractivity (Wildman–Crippen MR) is 78.0 cm³/mol. The molecule has 1 saturated carbocycles. The van der Waals surface area contributed by atoms with Crippen molar-refractivity contribution >= 4 is 0 Å². The maximum atomic E-state index is 10.9. The van der Waals surface area contributed by atoms with Gasteiger partial charge in [-0.1, -0.05) is 25.3 Å². The number of benzene rings is 1. The fraction of sp³-hybridized carbons (Fsp3) is 0.647. The molecule has 1 aliphatic heterocycles. The maximum absolute atomic E-state index is 10.9. The molecule has 1 aliphatic carbocycles. The van der Waals surface area contributed by atoms with Gasteiger partial charge in [0.05, 0.1) is 12.2 Å². The van der Waals surface area contributed by atoms with Gasteiger partial charge in [-0.25, -0.2) is 0 Å². The van der Waals surface area contributed by atoms with Crippen molar-refractivity contribution < 1.29 is 14.6 Å². The van der Waals surface area contributed by atoms with E-state index in [1.165, 1.54) is 12.0 Å². The van der Waals surface area contributed by atoms with Gasteiger partial charge in [0.1, 0.15) is 11.9 Å². The van der Waals surface area contributed by atoms with Crippen LogP contribution < -0.4 is 4.74 Å². The molecule has 1 atom stereocenters. The molecule has 1 N–H and O–H groups in total. The fourth-order valence-corrected chi connectivity index (χ4v) is 3.61. The Labute approximate surface area is 120 Å². The van der Waals surface area contributed by atoms with Crippen molar-refractivity contribution in [3.63, 3.8) is 0 Å². The first-order valence-electron chi connectivity index (χ1n) is 7.83. The average Bonchev–Trinajstić information content (AvgIpc) is 2.95. The van der Waals surface area contributed by atoms with E-state index in [9.17, 15) is 5.11 Å². The van der Waals surface area contributed by atoms with E-state index in [-0.39, 0.29) is 5.60 Å². The Morgan fingerprint density at radius 2 is 2.10 bits per heavy atom. The van der Waals surface area contributed by atoms with Gasteiger partial charge in [0.2, 0.25) is 0 Å². The summed E-state index contributed by atoms with van der Waals surface area (Å²) in [5, 5.41) is 10.9. The first kappa shape index (κ1) is 13.9. The lowest BCUT2D eigenvalue weighted by molar-refractivity contribution is -0.141. The highest BCUT2D eigenvalue weighted by molar-refractivity contribution is 5.41. The molecule has 0 bridgehead atoms. The SMILES string of the molecule is CCOC1(C(O)c2ccc3c(c2)CCO3)CCCCC1. The summed E-state index contributed by atoms with van der Waals surface area (Å²) in [4.78, 5) is 0. The Morgan fingerprint density at radius 1 is 1.30 bits per heavy atom. The molecule has 110 valence electrons. The number of ether oxygens (including phenoxy) is 2. The highest BCUT2D eigenvalue weighted by Gasteiger charge is 2.40. The van der Waals surface area contributed by atoms with Crippen LogP contribution in [0.2, 0.25) is 0 Å². The van der Waals surface area contributed by atoms with Crippen molar-refractivity contribution in [1.29, 1.82) is 0 Å². The summed E-state index contributed by atoms with van der Waals surface area (Å²) in [6.45, 7) is 3.43. The van der Waals surface area contributed by atoms with Gasteiger partial charge >= 0.3 is 0 Å². The molecule has 3 heteroatoms. The summed E-state index contributed by atoms with van der Waals surface area (Å²) < 4.78 is 11.6. The summed E-state index contributed by atoms with van der Waals surface area (Å²) in [5.41, 5.74) is 1.80. The molecule has 0 aromatic heterocycles. The van der Waals surface area contributed by atoms with Crippen molar-refractivity contribution in [3.05, 3.63) is 29.3 Å². The van der Waals surface area contributed by atoms with E-state index in [0.29, 0.717) is 6.61 Å². The van der Waals surface area contributed by atoms with Gasteiger partial charge in [-0.2, -0.15) is 0 Å². The van der Waals surface area contributed by atoms with Crippen LogP contribution in [-0.2, 0) is 11.2 Å². The summed E-state index contributed by atoms with van der Waals surface area (Å²) in [7, 11) is 0. The molecule has 0 radical (unpaired) electrons. The van der Waals surface area contributed by atoms with E-state index < -0.39 is 6.10 Å². The van der Waals surface area contributed by atoms with Gasteiger partial charge < -0.3 is 14.6 Å². The molecule has 1 fully saturated rings. The maximum Gasteiger partial charge on any atom is 0.122 e. The molecule has 1 aromatic rings. The molecule has 3 nitrogen and oxygen atoms in total. The van der Waals surface area contributed by atoms with E-state index in [1.54, 1.807) is 0 Å². The highest BCUT2D eigenvalue weighted by atomic mass is 16.5. The third-order valence-corrected chi connectivity index (χ3v) is 4.66. The van der Waals surface area contributed by atoms with Crippen LogP contribution in [0.25, 0.3) is 0 Å². The summed E-state index contributed by atoms with van der Waals surface area (Å²) >= 11 is 0. The molecule has 0 spiro atoms. The molecular weight excluding hydrogens is 252 g/mol. The topological polar surface area (TPSA) is 38.7 Å². The van der Waals surface area contributed by atoms with E-state index >= 15 is 0 Å². The monoisotopic (exact) mass is 276 g/mol. The van der Waals surface area contributed by atoms with Gasteiger partial charge in [-0.15, -0.1) is 0 Å². The van der Waals surface area contributed by atoms with E-state index in [0.717, 1.165) is 50.0 Å². The number of aliphatic hydroxyl groups excluding tert-OH is 1. The van der Waals surface area contributed by atoms with E-state index in [1.807, 2.05) is 19.1 Å². The quantitative estimate of drug-likeness (QED) is 0.916. The molecular formula is C17H24O3. The standard InChI is InChI=1S/C17H24O3/c1-2-20-17(9-4-3-5-10-17)16(18)14-6-7-15-13(12-14)8-11-19-15/h6-7,12,16,18H,2-5,8-11H2,1H3. The zero-order valence-electron chi connectivity index (χ0n) is 12.2. The third kappa shape index (κ3) is 2.45. The fourth-order valence-electron chi connectivity index (χ4n) is 3.61. The molecule has 3 rings (SSSR count). The van der Waals surface area contributed by atoms with Crippen molar-refractivity contribution in [3.8, 4) is 5.75 Å². The minimum atomic E-state index is -0.534. The lowest BCUT2D eigenvalue weighted by atomic mass is 9.78. The first-order valence-corrected chi connectivity index (χ1v) is 7.83. The van der Waals surface area contributed by atoms with Gasteiger partial charge in [-0.3, -0.25) is 0 Å². The van der Waals surface area contributed by atoms with Crippen molar-refractivity contribution in [2.75, 3.05) is 13.2 Å². The second kappa shape index (κ2) is 5.74. The highest BCUT2D eigenvalue weighted by Crippen LogP contribution is 2.42. The molecule has 20 heavy (non-hydrogen) atoms. The average molecular weight is 276 g/mol. The Hall–Kier alpha value is -1.06. The van der Waals surface area contributed by atoms with Gasteiger partial charge in [0.25, 0.3) is 0 Å². The van der Waals surface area contributed by atoms with Gasteiger partial charge in [0, 0.05) is 13.0 Å². The lowest BCUT2D eigenvalue weighted by Gasteiger charge is -2.41. The number of aliphatic hydroxyl groups is 1. The van der Waals surface area contributed by atoms with E-state index in [2.05, 4.69) is 6.07 Å². The van der Waals surface area contributed by atoms with Crippen LogP contribution in [0, 0.1) is 0 Å². The van der Waals surface area contributed by atoms with Gasteiger partial charge in [0.15, 0.2) is 0 Å². The summed E-state index contributed by atoms with van der Waals surface area (Å²) in [6.07, 6.45) is 5.85. The minimum absolute atomic E-state index is 0.388. The minimum Gasteiger partial charge on any atom is -0.493 e. The Morgan fingerprint density at radius 3 is 2.85 bits per heavy atom. The van der Waals surface area contributed by atoms with Crippen LogP contribution >= 0.6 is 0 Å². The summed E-state index contributed by atoms with van der Waals surface area (Å²) in [6, 6.07) is 6.08. The summed E-state index contributed by atoms with van der Waals surface area (Å²) in [5.74, 6) is 0.968. The van der Waals surface area contributed by atoms with Crippen LogP contribution in [0.15, 0.2) is 18.2 Å². The Bertz CT molecular complexity index is 458. The van der Waals surface area contributed by atoms with E-state index in [4.69, 9.17) is 9.47 Å². The number of rotatable bonds is 4. The number of hydrogen-bond donors (Lipinski definition) is 1. The van der Waals surface area contributed by atoms with Crippen LogP contribution in [0.3, 0.4) is 0 Å². The normalized spacial score (nSPS) is 22.1. The van der Waals surface area contributed by atoms with Crippen LogP contribution in [0.1, 0.15) is 56.3 Å². The van der Waals surface area contributed by atoms with Gasteiger partial charge in [-0.05, 0) is 43.0 Å². The molecule has 0 amide bonds. The van der Waals surface area contributed by atoms with Crippen LogP contribution in [0.4, 0.5) is 0 Å². The number of fused-ring (bicyclic) bond motifs is 1. The van der Waals surface area contributed by atoms with Crippen LogP contribution in [0.5, 0.6) is 5.75 Å². The van der Waals surface area contributed by atoms with Crippen molar-refractivity contribution in [2.24, 2.45) is 0 Å². The molecule has 1 aromatic carbocycles. The number of hydrogen-bond acceptors (Lipinski definition) is 3. The zero-order valence-corrected chi connectivity index (χ0v) is 12.2. The van der Waals surface area contributed by atoms with Crippen molar-refractivity contribution in [1.82, 2.24) is 0 Å². The largest absolute Gasteiger partial charge is 0.493 e. The zero-order chi connectivity index (χ0) is 14.0. The lowest BCUT2D eigenvalue weighted by Crippen LogP contribution is -2.41. The predicted octanol–water partition coefficient (Wildman–Crippen LogP) is 3.39. The third-order valence-electron chi connectivity index (χ3n) is 4.66.